The monoisotopic (exact) mass is 294 g/mol. The number of nitrogens with zero attached hydrogens (tertiary/aromatic N) is 4. The molecule has 0 amide bonds. The number of aliphatic hydroxyl groups is 2. The van der Waals surface area contributed by atoms with Crippen LogP contribution in [-0.2, 0) is 9.47 Å². The molecule has 2 aromatic rings. The zero-order valence-electron chi connectivity index (χ0n) is 10.9. The molecule has 4 atom stereocenters. The Morgan fingerprint density at radius 2 is 2.24 bits per heavy atom. The molecule has 0 radical (unpaired) electrons. The molecule has 0 aromatic carbocycles. The molecule has 2 aliphatic rings. The predicted molar refractivity (Wildman–Crippen MR) is 69.8 cm³/mol. The van der Waals surface area contributed by atoms with E-state index in [9.17, 15) is 10.2 Å². The highest BCUT2D eigenvalue weighted by atomic mass is 16.7. The molecule has 4 rings (SSSR count). The zero-order valence-corrected chi connectivity index (χ0v) is 10.9. The normalized spacial score (nSPS) is 34.9. The molecule has 2 fully saturated rings. The van der Waals surface area contributed by atoms with Crippen molar-refractivity contribution in [2.45, 2.75) is 24.0 Å². The van der Waals surface area contributed by atoms with Crippen molar-refractivity contribution in [1.29, 1.82) is 0 Å². The summed E-state index contributed by atoms with van der Waals surface area (Å²) in [6.45, 7) is -0.204. The molecule has 112 valence electrons. The fourth-order valence-electron chi connectivity index (χ4n) is 2.90. The molecule has 21 heavy (non-hydrogen) atoms. The molecule has 0 spiro atoms. The van der Waals surface area contributed by atoms with Gasteiger partial charge in [-0.3, -0.25) is 4.57 Å². The maximum Gasteiger partial charge on any atom is 0.224 e. The van der Waals surface area contributed by atoms with E-state index >= 15 is 0 Å². The van der Waals surface area contributed by atoms with Crippen LogP contribution in [0.1, 0.15) is 6.23 Å². The maximum atomic E-state index is 10.2. The SMILES string of the molecule is Nc1nc(N)c2ncn([C@@H]3O[C@@]4(CO)COC3C4O)c2n1. The van der Waals surface area contributed by atoms with Crippen LogP contribution in [-0.4, -0.2) is 60.8 Å². The molecule has 6 N–H and O–H groups in total. The van der Waals surface area contributed by atoms with Gasteiger partial charge in [-0.2, -0.15) is 9.97 Å². The minimum absolute atomic E-state index is 0.0169. The number of nitrogens with two attached hydrogens (primary N) is 2. The summed E-state index contributed by atoms with van der Waals surface area (Å²) in [5.74, 6) is 0.181. The molecule has 2 unspecified atom stereocenters. The molecule has 2 aliphatic heterocycles. The van der Waals surface area contributed by atoms with Crippen LogP contribution in [0.2, 0.25) is 0 Å². The van der Waals surface area contributed by atoms with Crippen LogP contribution in [0, 0.1) is 0 Å². The smallest absolute Gasteiger partial charge is 0.224 e. The van der Waals surface area contributed by atoms with Crippen molar-refractivity contribution in [2.24, 2.45) is 0 Å². The third-order valence-corrected chi connectivity index (χ3v) is 4.01. The third kappa shape index (κ3) is 1.52. The molecule has 2 aromatic heterocycles. The lowest BCUT2D eigenvalue weighted by Gasteiger charge is -2.29. The van der Waals surface area contributed by atoms with Gasteiger partial charge in [0.1, 0.15) is 23.3 Å². The van der Waals surface area contributed by atoms with E-state index < -0.39 is 24.0 Å². The number of fused-ring (bicyclic) bond motifs is 3. The van der Waals surface area contributed by atoms with E-state index in [-0.39, 0.29) is 25.0 Å². The topological polar surface area (TPSA) is 155 Å². The predicted octanol–water partition coefficient (Wildman–Crippen LogP) is -1.99. The summed E-state index contributed by atoms with van der Waals surface area (Å²) in [4.78, 5) is 12.1. The van der Waals surface area contributed by atoms with Gasteiger partial charge in [0, 0.05) is 0 Å². The van der Waals surface area contributed by atoms with Crippen molar-refractivity contribution in [3.63, 3.8) is 0 Å². The summed E-state index contributed by atoms with van der Waals surface area (Å²) >= 11 is 0. The van der Waals surface area contributed by atoms with Crippen LogP contribution in [0.15, 0.2) is 6.33 Å². The number of aromatic nitrogens is 4. The van der Waals surface area contributed by atoms with E-state index in [2.05, 4.69) is 15.0 Å². The molecular weight excluding hydrogens is 280 g/mol. The molecule has 10 nitrogen and oxygen atoms in total. The van der Waals surface area contributed by atoms with Gasteiger partial charge in [0.05, 0.1) is 19.5 Å². The van der Waals surface area contributed by atoms with Crippen LogP contribution in [0.5, 0.6) is 0 Å². The number of aliphatic hydroxyl groups excluding tert-OH is 2. The second kappa shape index (κ2) is 4.01. The van der Waals surface area contributed by atoms with Crippen LogP contribution in [0.25, 0.3) is 11.2 Å². The van der Waals surface area contributed by atoms with E-state index in [1.165, 1.54) is 6.33 Å². The summed E-state index contributed by atoms with van der Waals surface area (Å²) in [5, 5.41) is 19.7. The lowest BCUT2D eigenvalue weighted by Crippen LogP contribution is -2.44. The van der Waals surface area contributed by atoms with Crippen molar-refractivity contribution in [3.8, 4) is 0 Å². The fraction of sp³-hybridized carbons (Fsp3) is 0.545. The van der Waals surface area contributed by atoms with Gasteiger partial charge in [0.25, 0.3) is 0 Å². The second-order valence-electron chi connectivity index (χ2n) is 5.24. The Labute approximate surface area is 118 Å². The molecule has 4 heterocycles. The van der Waals surface area contributed by atoms with Crippen molar-refractivity contribution < 1.29 is 19.7 Å². The average molecular weight is 294 g/mol. The van der Waals surface area contributed by atoms with Gasteiger partial charge in [-0.1, -0.05) is 0 Å². The number of anilines is 2. The van der Waals surface area contributed by atoms with Gasteiger partial charge in [0.15, 0.2) is 17.7 Å². The molecule has 0 saturated carbocycles. The highest BCUT2D eigenvalue weighted by molar-refractivity contribution is 5.82. The minimum atomic E-state index is -1.12. The van der Waals surface area contributed by atoms with Gasteiger partial charge in [0.2, 0.25) is 5.95 Å². The summed E-state index contributed by atoms with van der Waals surface area (Å²) in [5.41, 5.74) is 11.0. The van der Waals surface area contributed by atoms with Gasteiger partial charge in [-0.05, 0) is 0 Å². The fourth-order valence-corrected chi connectivity index (χ4v) is 2.90. The van der Waals surface area contributed by atoms with Crippen molar-refractivity contribution in [1.82, 2.24) is 19.5 Å². The quantitative estimate of drug-likeness (QED) is 0.492. The van der Waals surface area contributed by atoms with Crippen LogP contribution in [0.4, 0.5) is 11.8 Å². The number of hydrogen-bond donors (Lipinski definition) is 4. The number of nitrogen functional groups attached to an aromatic ring is 2. The molecule has 2 bridgehead atoms. The Hall–Kier alpha value is -2.01. The second-order valence-corrected chi connectivity index (χ2v) is 5.24. The standard InChI is InChI=1S/C11H14N6O4/c12-7-4-8(16-10(13)15-7)17(3-14-4)9-5-6(19)11(1-18,21-9)2-20-5/h3,5-6,9,18-19H,1-2H2,(H4,12,13,15,16)/t5?,6?,9-,11+/m1/s1. The maximum absolute atomic E-state index is 10.2. The van der Waals surface area contributed by atoms with Crippen LogP contribution < -0.4 is 11.5 Å². The first-order chi connectivity index (χ1) is 10.1. The first-order valence-corrected chi connectivity index (χ1v) is 6.39. The van der Waals surface area contributed by atoms with Gasteiger partial charge >= 0.3 is 0 Å². The van der Waals surface area contributed by atoms with E-state index in [1.54, 1.807) is 4.57 Å². The lowest BCUT2D eigenvalue weighted by molar-refractivity contribution is -0.185. The number of imidazole rings is 1. The number of hydrogen-bond acceptors (Lipinski definition) is 9. The average Bonchev–Trinajstić information content (AvgIpc) is 3.09. The first-order valence-electron chi connectivity index (χ1n) is 6.39. The van der Waals surface area contributed by atoms with Crippen LogP contribution >= 0.6 is 0 Å². The Morgan fingerprint density at radius 1 is 1.43 bits per heavy atom. The summed E-state index contributed by atoms with van der Waals surface area (Å²) in [7, 11) is 0. The summed E-state index contributed by atoms with van der Waals surface area (Å²) < 4.78 is 12.9. The van der Waals surface area contributed by atoms with E-state index in [1.807, 2.05) is 0 Å². The molecule has 0 aliphatic carbocycles. The molecule has 2 saturated heterocycles. The highest BCUT2D eigenvalue weighted by Crippen LogP contribution is 2.45. The minimum Gasteiger partial charge on any atom is -0.393 e. The molecular formula is C11H14N6O4. The lowest BCUT2D eigenvalue weighted by atomic mass is 10.0. The van der Waals surface area contributed by atoms with Crippen molar-refractivity contribution in [2.75, 3.05) is 24.7 Å². The number of ether oxygens (including phenoxy) is 2. The summed E-state index contributed by atoms with van der Waals surface area (Å²) in [6.07, 6.45) is -0.741. The number of rotatable bonds is 2. The van der Waals surface area contributed by atoms with Gasteiger partial charge < -0.3 is 31.2 Å². The van der Waals surface area contributed by atoms with Crippen molar-refractivity contribution in [3.05, 3.63) is 6.33 Å². The Bertz CT molecular complexity index is 720. The summed E-state index contributed by atoms with van der Waals surface area (Å²) in [6, 6.07) is 0. The van der Waals surface area contributed by atoms with Gasteiger partial charge in [-0.15, -0.1) is 0 Å². The third-order valence-electron chi connectivity index (χ3n) is 4.01. The van der Waals surface area contributed by atoms with E-state index in [0.29, 0.717) is 11.2 Å². The first kappa shape index (κ1) is 12.7. The van der Waals surface area contributed by atoms with E-state index in [0.717, 1.165) is 0 Å². The van der Waals surface area contributed by atoms with E-state index in [4.69, 9.17) is 20.9 Å². The van der Waals surface area contributed by atoms with Crippen LogP contribution in [0.3, 0.4) is 0 Å². The Kier molecular flexibility index (Phi) is 2.43. The highest BCUT2D eigenvalue weighted by Gasteiger charge is 2.61. The molecule has 10 heteroatoms. The largest absolute Gasteiger partial charge is 0.393 e. The van der Waals surface area contributed by atoms with Gasteiger partial charge in [-0.25, -0.2) is 4.98 Å². The Balaban J connectivity index is 1.82. The Morgan fingerprint density at radius 3 is 2.95 bits per heavy atom. The van der Waals surface area contributed by atoms with Crippen molar-refractivity contribution >= 4 is 22.9 Å². The zero-order chi connectivity index (χ0) is 14.8.